The van der Waals surface area contributed by atoms with E-state index < -0.39 is 0 Å². The van der Waals surface area contributed by atoms with Crippen LogP contribution in [0.3, 0.4) is 0 Å². The van der Waals surface area contributed by atoms with E-state index in [1.807, 2.05) is 29.2 Å². The third-order valence-corrected chi connectivity index (χ3v) is 4.28. The van der Waals surface area contributed by atoms with Crippen molar-refractivity contribution in [2.75, 3.05) is 13.1 Å². The van der Waals surface area contributed by atoms with Gasteiger partial charge >= 0.3 is 0 Å². The number of carbonyl (C=O) groups excluding carboxylic acids is 1. The van der Waals surface area contributed by atoms with Crippen LogP contribution in [0, 0.1) is 0 Å². The second-order valence-electron chi connectivity index (χ2n) is 5.85. The molecule has 1 aliphatic heterocycles. The van der Waals surface area contributed by atoms with Crippen LogP contribution in [-0.4, -0.2) is 23.9 Å². The molecule has 3 rings (SSSR count). The molecule has 0 bridgehead atoms. The Kier molecular flexibility index (Phi) is 4.28. The van der Waals surface area contributed by atoms with Crippen molar-refractivity contribution in [1.29, 1.82) is 0 Å². The SMILES string of the molecule is CCCCc1oc2ccccc2c1C(=O)N1CCCCC1. The first-order valence-corrected chi connectivity index (χ1v) is 8.11. The minimum Gasteiger partial charge on any atom is -0.460 e. The van der Waals surface area contributed by atoms with Gasteiger partial charge in [-0.05, 0) is 31.7 Å². The molecule has 0 radical (unpaired) electrons. The Bertz CT molecular complexity index is 623. The number of unbranched alkanes of at least 4 members (excludes halogenated alkanes) is 1. The number of para-hydroxylation sites is 1. The number of fused-ring (bicyclic) bond motifs is 1. The summed E-state index contributed by atoms with van der Waals surface area (Å²) >= 11 is 0. The third kappa shape index (κ3) is 2.82. The van der Waals surface area contributed by atoms with Crippen LogP contribution in [0.4, 0.5) is 0 Å². The normalized spacial score (nSPS) is 15.6. The van der Waals surface area contributed by atoms with E-state index in [2.05, 4.69) is 6.92 Å². The van der Waals surface area contributed by atoms with Crippen molar-refractivity contribution in [2.45, 2.75) is 45.4 Å². The van der Waals surface area contributed by atoms with Crippen LogP contribution in [0.2, 0.25) is 0 Å². The lowest BCUT2D eigenvalue weighted by atomic mass is 10.0. The standard InChI is InChI=1S/C18H23NO2/c1-2-3-10-16-17(14-9-5-6-11-15(14)21-16)18(20)19-12-7-4-8-13-19/h5-6,9,11H,2-4,7-8,10,12-13H2,1H3. The van der Waals surface area contributed by atoms with Crippen molar-refractivity contribution in [3.8, 4) is 0 Å². The van der Waals surface area contributed by atoms with Crippen molar-refractivity contribution < 1.29 is 9.21 Å². The van der Waals surface area contributed by atoms with Crippen molar-refractivity contribution in [3.05, 3.63) is 35.6 Å². The number of furan rings is 1. The number of benzene rings is 1. The zero-order chi connectivity index (χ0) is 14.7. The smallest absolute Gasteiger partial charge is 0.258 e. The molecule has 1 fully saturated rings. The largest absolute Gasteiger partial charge is 0.460 e. The van der Waals surface area contributed by atoms with Gasteiger partial charge < -0.3 is 9.32 Å². The summed E-state index contributed by atoms with van der Waals surface area (Å²) in [5.74, 6) is 1.03. The average molecular weight is 285 g/mol. The first-order chi connectivity index (χ1) is 10.3. The fraction of sp³-hybridized carbons (Fsp3) is 0.500. The Labute approximate surface area is 125 Å². The van der Waals surface area contributed by atoms with Gasteiger partial charge in [0, 0.05) is 24.9 Å². The molecule has 0 aliphatic carbocycles. The lowest BCUT2D eigenvalue weighted by Gasteiger charge is -2.26. The Hall–Kier alpha value is -1.77. The Balaban J connectivity index is 1.99. The maximum absolute atomic E-state index is 12.9. The highest BCUT2D eigenvalue weighted by Gasteiger charge is 2.25. The highest BCUT2D eigenvalue weighted by Crippen LogP contribution is 2.29. The van der Waals surface area contributed by atoms with E-state index in [0.717, 1.165) is 67.5 Å². The van der Waals surface area contributed by atoms with Gasteiger partial charge in [-0.25, -0.2) is 0 Å². The third-order valence-electron chi connectivity index (χ3n) is 4.28. The molecule has 0 unspecified atom stereocenters. The van der Waals surface area contributed by atoms with Crippen LogP contribution in [-0.2, 0) is 6.42 Å². The number of hydrogen-bond acceptors (Lipinski definition) is 2. The topological polar surface area (TPSA) is 33.5 Å². The molecule has 3 heteroatoms. The van der Waals surface area contributed by atoms with Gasteiger partial charge in [-0.1, -0.05) is 31.5 Å². The zero-order valence-corrected chi connectivity index (χ0v) is 12.7. The lowest BCUT2D eigenvalue weighted by molar-refractivity contribution is 0.0723. The quantitative estimate of drug-likeness (QED) is 0.834. The Morgan fingerprint density at radius 3 is 2.71 bits per heavy atom. The molecule has 2 aromatic rings. The van der Waals surface area contributed by atoms with Gasteiger partial charge in [-0.3, -0.25) is 4.79 Å². The molecule has 0 spiro atoms. The van der Waals surface area contributed by atoms with Gasteiger partial charge in [0.05, 0.1) is 5.56 Å². The van der Waals surface area contributed by atoms with Crippen LogP contribution >= 0.6 is 0 Å². The van der Waals surface area contributed by atoms with Crippen molar-refractivity contribution in [1.82, 2.24) is 4.90 Å². The monoisotopic (exact) mass is 285 g/mol. The van der Waals surface area contributed by atoms with Crippen LogP contribution < -0.4 is 0 Å². The number of rotatable bonds is 4. The van der Waals surface area contributed by atoms with E-state index in [9.17, 15) is 4.79 Å². The molecule has 1 aromatic heterocycles. The van der Waals surface area contributed by atoms with E-state index >= 15 is 0 Å². The van der Waals surface area contributed by atoms with Crippen LogP contribution in [0.5, 0.6) is 0 Å². The highest BCUT2D eigenvalue weighted by molar-refractivity contribution is 6.07. The molecule has 3 nitrogen and oxygen atoms in total. The second kappa shape index (κ2) is 6.33. The fourth-order valence-electron chi connectivity index (χ4n) is 3.10. The number of nitrogens with zero attached hydrogens (tertiary/aromatic N) is 1. The molecule has 0 atom stereocenters. The molecule has 112 valence electrons. The number of amides is 1. The minimum absolute atomic E-state index is 0.158. The van der Waals surface area contributed by atoms with Crippen molar-refractivity contribution >= 4 is 16.9 Å². The maximum atomic E-state index is 12.9. The summed E-state index contributed by atoms with van der Waals surface area (Å²) in [5, 5.41) is 0.971. The van der Waals surface area contributed by atoms with E-state index in [0.29, 0.717) is 0 Å². The Morgan fingerprint density at radius 1 is 1.19 bits per heavy atom. The zero-order valence-electron chi connectivity index (χ0n) is 12.7. The van der Waals surface area contributed by atoms with Gasteiger partial charge in [0.1, 0.15) is 11.3 Å². The van der Waals surface area contributed by atoms with E-state index in [1.54, 1.807) is 0 Å². The number of carbonyl (C=O) groups is 1. The van der Waals surface area contributed by atoms with Gasteiger partial charge in [-0.2, -0.15) is 0 Å². The van der Waals surface area contributed by atoms with Gasteiger partial charge in [-0.15, -0.1) is 0 Å². The summed E-state index contributed by atoms with van der Waals surface area (Å²) in [6.07, 6.45) is 6.48. The summed E-state index contributed by atoms with van der Waals surface area (Å²) in [6, 6.07) is 7.91. The second-order valence-corrected chi connectivity index (χ2v) is 5.85. The first kappa shape index (κ1) is 14.2. The van der Waals surface area contributed by atoms with Gasteiger partial charge in [0.15, 0.2) is 0 Å². The molecule has 21 heavy (non-hydrogen) atoms. The highest BCUT2D eigenvalue weighted by atomic mass is 16.3. The van der Waals surface area contributed by atoms with Crippen molar-refractivity contribution in [2.24, 2.45) is 0 Å². The van der Waals surface area contributed by atoms with Crippen LogP contribution in [0.15, 0.2) is 28.7 Å². The Morgan fingerprint density at radius 2 is 1.95 bits per heavy atom. The molecule has 1 aromatic carbocycles. The summed E-state index contributed by atoms with van der Waals surface area (Å²) < 4.78 is 5.97. The number of likely N-dealkylation sites (tertiary alicyclic amines) is 1. The van der Waals surface area contributed by atoms with Crippen LogP contribution in [0.1, 0.15) is 55.1 Å². The lowest BCUT2D eigenvalue weighted by Crippen LogP contribution is -2.35. The predicted octanol–water partition coefficient (Wildman–Crippen LogP) is 4.40. The minimum atomic E-state index is 0.158. The van der Waals surface area contributed by atoms with E-state index in [-0.39, 0.29) is 5.91 Å². The van der Waals surface area contributed by atoms with Gasteiger partial charge in [0.25, 0.3) is 5.91 Å². The van der Waals surface area contributed by atoms with Crippen LogP contribution in [0.25, 0.3) is 11.0 Å². The summed E-state index contributed by atoms with van der Waals surface area (Å²) in [4.78, 5) is 14.9. The average Bonchev–Trinajstić information content (AvgIpc) is 2.91. The molecular formula is C18H23NO2. The first-order valence-electron chi connectivity index (χ1n) is 8.11. The molecular weight excluding hydrogens is 262 g/mol. The van der Waals surface area contributed by atoms with E-state index in [1.165, 1.54) is 6.42 Å². The summed E-state index contributed by atoms with van der Waals surface area (Å²) in [5.41, 5.74) is 1.64. The number of hydrogen-bond donors (Lipinski definition) is 0. The molecule has 1 saturated heterocycles. The molecule has 2 heterocycles. The fourth-order valence-corrected chi connectivity index (χ4v) is 3.10. The summed E-state index contributed by atoms with van der Waals surface area (Å²) in [7, 11) is 0. The number of aryl methyl sites for hydroxylation is 1. The van der Waals surface area contributed by atoms with E-state index in [4.69, 9.17) is 4.42 Å². The van der Waals surface area contributed by atoms with Gasteiger partial charge in [0.2, 0.25) is 0 Å². The summed E-state index contributed by atoms with van der Waals surface area (Å²) in [6.45, 7) is 3.92. The molecule has 1 aliphatic rings. The molecule has 0 N–H and O–H groups in total. The van der Waals surface area contributed by atoms with Crippen molar-refractivity contribution in [3.63, 3.8) is 0 Å². The maximum Gasteiger partial charge on any atom is 0.258 e. The molecule has 1 amide bonds. The molecule has 0 saturated carbocycles. The predicted molar refractivity (Wildman–Crippen MR) is 84.6 cm³/mol. The number of piperidine rings is 1.